The summed E-state index contributed by atoms with van der Waals surface area (Å²) < 4.78 is 0. The first-order valence-electron chi connectivity index (χ1n) is 5.23. The number of carbonyl (C=O) groups excluding carboxylic acids is 2. The molecule has 1 rings (SSSR count). The van der Waals surface area contributed by atoms with E-state index in [0.717, 1.165) is 0 Å². The Hall–Kier alpha value is -1.30. The summed E-state index contributed by atoms with van der Waals surface area (Å²) in [7, 11) is 0. The molecule has 0 unspecified atom stereocenters. The Labute approximate surface area is 90.8 Å². The Bertz CT molecular complexity index is 312. The number of nitrogens with zero attached hydrogens (tertiary/aromatic N) is 1. The fraction of sp³-hybridized carbons (Fsp3) is 0.667. The topological polar surface area (TPSA) is 37.4 Å². The van der Waals surface area contributed by atoms with Gasteiger partial charge in [-0.25, -0.2) is 0 Å². The van der Waals surface area contributed by atoms with Gasteiger partial charge in [0.15, 0.2) is 0 Å². The van der Waals surface area contributed by atoms with E-state index in [4.69, 9.17) is 0 Å². The number of hydrogen-bond acceptors (Lipinski definition) is 2. The lowest BCUT2D eigenvalue weighted by molar-refractivity contribution is -0.138. The maximum absolute atomic E-state index is 11.2. The maximum atomic E-state index is 11.2. The first kappa shape index (κ1) is 11.8. The third kappa shape index (κ3) is 3.75. The second-order valence-corrected chi connectivity index (χ2v) is 4.74. The molecule has 1 fully saturated rings. The zero-order chi connectivity index (χ0) is 11.5. The Morgan fingerprint density at radius 1 is 1.20 bits per heavy atom. The fourth-order valence-electron chi connectivity index (χ4n) is 1.37. The van der Waals surface area contributed by atoms with E-state index in [2.05, 4.69) is 11.8 Å². The Kier molecular flexibility index (Phi) is 3.52. The van der Waals surface area contributed by atoms with Crippen molar-refractivity contribution in [3.8, 4) is 11.8 Å². The van der Waals surface area contributed by atoms with E-state index < -0.39 is 0 Å². The van der Waals surface area contributed by atoms with Gasteiger partial charge in [-0.3, -0.25) is 14.5 Å². The normalized spacial score (nSPS) is 16.6. The molecule has 1 aliphatic heterocycles. The molecule has 3 nitrogen and oxygen atoms in total. The van der Waals surface area contributed by atoms with Crippen LogP contribution in [0.25, 0.3) is 0 Å². The molecule has 15 heavy (non-hydrogen) atoms. The van der Waals surface area contributed by atoms with Crippen molar-refractivity contribution in [2.45, 2.75) is 40.0 Å². The molecule has 0 aromatic rings. The first-order chi connectivity index (χ1) is 6.90. The number of amides is 2. The lowest BCUT2D eigenvalue weighted by Crippen LogP contribution is -2.29. The quantitative estimate of drug-likeness (QED) is 0.509. The molecule has 0 aliphatic carbocycles. The summed E-state index contributed by atoms with van der Waals surface area (Å²) in [5.41, 5.74) is -0.0149. The molecule has 1 saturated heterocycles. The molecule has 1 aliphatic rings. The van der Waals surface area contributed by atoms with Crippen molar-refractivity contribution < 1.29 is 9.59 Å². The van der Waals surface area contributed by atoms with Crippen LogP contribution in [0.15, 0.2) is 0 Å². The lowest BCUT2D eigenvalue weighted by atomic mass is 9.98. The predicted octanol–water partition coefficient (Wildman–Crippen LogP) is 1.57. The van der Waals surface area contributed by atoms with E-state index in [1.807, 2.05) is 20.8 Å². The molecule has 0 radical (unpaired) electrons. The molecular formula is C12H17NO2. The largest absolute Gasteiger partial charge is 0.282 e. The van der Waals surface area contributed by atoms with Gasteiger partial charge in [0, 0.05) is 31.2 Å². The molecule has 1 heterocycles. The second-order valence-electron chi connectivity index (χ2n) is 4.74. The number of imide groups is 1. The van der Waals surface area contributed by atoms with Gasteiger partial charge in [0.2, 0.25) is 11.8 Å². The molecule has 0 aromatic carbocycles. The Morgan fingerprint density at radius 3 is 2.20 bits per heavy atom. The van der Waals surface area contributed by atoms with Crippen molar-refractivity contribution in [2.75, 3.05) is 6.54 Å². The third-order valence-corrected chi connectivity index (χ3v) is 2.08. The van der Waals surface area contributed by atoms with E-state index in [1.54, 1.807) is 0 Å². The first-order valence-corrected chi connectivity index (χ1v) is 5.23. The lowest BCUT2D eigenvalue weighted by Gasteiger charge is -2.11. The van der Waals surface area contributed by atoms with Gasteiger partial charge >= 0.3 is 0 Å². The van der Waals surface area contributed by atoms with Crippen LogP contribution in [0.1, 0.15) is 40.0 Å². The van der Waals surface area contributed by atoms with Crippen LogP contribution < -0.4 is 0 Å². The molecule has 0 N–H and O–H groups in total. The van der Waals surface area contributed by atoms with Crippen LogP contribution in [-0.4, -0.2) is 23.3 Å². The summed E-state index contributed by atoms with van der Waals surface area (Å²) >= 11 is 0. The van der Waals surface area contributed by atoms with Gasteiger partial charge in [-0.1, -0.05) is 5.92 Å². The van der Waals surface area contributed by atoms with Crippen molar-refractivity contribution >= 4 is 11.8 Å². The highest BCUT2D eigenvalue weighted by Crippen LogP contribution is 2.12. The molecule has 0 bridgehead atoms. The molecule has 2 amide bonds. The van der Waals surface area contributed by atoms with Gasteiger partial charge in [0.1, 0.15) is 0 Å². The zero-order valence-corrected chi connectivity index (χ0v) is 9.59. The molecule has 3 heteroatoms. The van der Waals surface area contributed by atoms with Crippen LogP contribution in [0.3, 0.4) is 0 Å². The van der Waals surface area contributed by atoms with Gasteiger partial charge in [0.05, 0.1) is 0 Å². The second kappa shape index (κ2) is 4.48. The summed E-state index contributed by atoms with van der Waals surface area (Å²) in [6.07, 6.45) is 1.31. The zero-order valence-electron chi connectivity index (χ0n) is 9.59. The smallest absolute Gasteiger partial charge is 0.229 e. The third-order valence-electron chi connectivity index (χ3n) is 2.08. The molecule has 0 saturated carbocycles. The van der Waals surface area contributed by atoms with Crippen molar-refractivity contribution in [2.24, 2.45) is 5.41 Å². The monoisotopic (exact) mass is 207 g/mol. The van der Waals surface area contributed by atoms with Crippen molar-refractivity contribution in [1.29, 1.82) is 0 Å². The van der Waals surface area contributed by atoms with Crippen molar-refractivity contribution in [1.82, 2.24) is 4.90 Å². The van der Waals surface area contributed by atoms with Gasteiger partial charge in [-0.05, 0) is 20.8 Å². The Morgan fingerprint density at radius 2 is 1.73 bits per heavy atom. The van der Waals surface area contributed by atoms with Crippen LogP contribution in [-0.2, 0) is 9.59 Å². The van der Waals surface area contributed by atoms with Crippen LogP contribution >= 0.6 is 0 Å². The maximum Gasteiger partial charge on any atom is 0.229 e. The van der Waals surface area contributed by atoms with E-state index in [1.165, 1.54) is 4.90 Å². The van der Waals surface area contributed by atoms with E-state index in [0.29, 0.717) is 25.8 Å². The number of hydrogen-bond donors (Lipinski definition) is 0. The fourth-order valence-corrected chi connectivity index (χ4v) is 1.37. The van der Waals surface area contributed by atoms with E-state index in [-0.39, 0.29) is 17.2 Å². The molecular weight excluding hydrogens is 190 g/mol. The van der Waals surface area contributed by atoms with E-state index in [9.17, 15) is 9.59 Å². The highest BCUT2D eigenvalue weighted by molar-refractivity contribution is 6.01. The summed E-state index contributed by atoms with van der Waals surface area (Å²) in [6, 6.07) is 0. The van der Waals surface area contributed by atoms with Crippen molar-refractivity contribution in [3.63, 3.8) is 0 Å². The summed E-state index contributed by atoms with van der Waals surface area (Å²) in [4.78, 5) is 23.8. The number of carbonyl (C=O) groups is 2. The van der Waals surface area contributed by atoms with Crippen LogP contribution in [0, 0.1) is 17.3 Å². The number of likely N-dealkylation sites (tertiary alicyclic amines) is 1. The summed E-state index contributed by atoms with van der Waals surface area (Å²) in [5.74, 6) is 5.96. The number of rotatable bonds is 2. The van der Waals surface area contributed by atoms with Crippen LogP contribution in [0.4, 0.5) is 0 Å². The molecule has 0 atom stereocenters. The average Bonchev–Trinajstić information content (AvgIpc) is 2.40. The highest BCUT2D eigenvalue weighted by Gasteiger charge is 2.27. The van der Waals surface area contributed by atoms with Gasteiger partial charge in [-0.15, -0.1) is 5.92 Å². The minimum Gasteiger partial charge on any atom is -0.282 e. The molecule has 0 aromatic heterocycles. The minimum atomic E-state index is -0.0578. The van der Waals surface area contributed by atoms with Gasteiger partial charge in [0.25, 0.3) is 0 Å². The highest BCUT2D eigenvalue weighted by atomic mass is 16.2. The standard InChI is InChI=1S/C12H17NO2/c1-12(2,3)8-4-5-9-13-10(14)6-7-11(13)15/h5-7,9H2,1-3H3. The average molecular weight is 207 g/mol. The predicted molar refractivity (Wildman–Crippen MR) is 57.8 cm³/mol. The molecule has 0 spiro atoms. The summed E-state index contributed by atoms with van der Waals surface area (Å²) in [5, 5.41) is 0. The SMILES string of the molecule is CC(C)(C)C#CCCN1C(=O)CCC1=O. The summed E-state index contributed by atoms with van der Waals surface area (Å²) in [6.45, 7) is 6.55. The van der Waals surface area contributed by atoms with Crippen LogP contribution in [0.5, 0.6) is 0 Å². The van der Waals surface area contributed by atoms with E-state index >= 15 is 0 Å². The minimum absolute atomic E-state index is 0.0149. The van der Waals surface area contributed by atoms with Gasteiger partial charge in [-0.2, -0.15) is 0 Å². The Balaban J connectivity index is 2.40. The van der Waals surface area contributed by atoms with Gasteiger partial charge < -0.3 is 0 Å². The van der Waals surface area contributed by atoms with Crippen LogP contribution in [0.2, 0.25) is 0 Å². The van der Waals surface area contributed by atoms with Crippen molar-refractivity contribution in [3.05, 3.63) is 0 Å². The molecule has 82 valence electrons.